The Hall–Kier alpha value is -1.63. The minimum atomic E-state index is -4.78. The predicted octanol–water partition coefficient (Wildman–Crippen LogP) is 2.14. The van der Waals surface area contributed by atoms with Crippen LogP contribution in [0.3, 0.4) is 0 Å². The van der Waals surface area contributed by atoms with Crippen LogP contribution in [-0.2, 0) is 11.0 Å². The molecule has 0 aromatic heterocycles. The molecule has 2 rings (SSSR count). The molecule has 0 saturated carbocycles. The first-order valence-corrected chi connectivity index (χ1v) is 5.29. The fourth-order valence-corrected chi connectivity index (χ4v) is 1.56. The van der Waals surface area contributed by atoms with Gasteiger partial charge in [0.25, 0.3) is 0 Å². The molecule has 7 heteroatoms. The monoisotopic (exact) mass is 262 g/mol. The van der Waals surface area contributed by atoms with Crippen molar-refractivity contribution in [1.29, 1.82) is 0 Å². The summed E-state index contributed by atoms with van der Waals surface area (Å²) in [6.45, 7) is 0.704. The van der Waals surface area contributed by atoms with Crippen LogP contribution < -0.4 is 10.6 Å². The Labute approximate surface area is 100 Å². The van der Waals surface area contributed by atoms with Gasteiger partial charge in [-0.05, 0) is 31.2 Å². The number of anilines is 1. The first-order valence-electron chi connectivity index (χ1n) is 5.29. The van der Waals surface area contributed by atoms with E-state index < -0.39 is 23.5 Å². The van der Waals surface area contributed by atoms with Crippen LogP contribution in [0.4, 0.5) is 23.2 Å². The summed E-state index contributed by atoms with van der Waals surface area (Å²) >= 11 is 0. The smallest absolute Gasteiger partial charge is 0.325 e. The topological polar surface area (TPSA) is 41.1 Å². The molecule has 1 aromatic rings. The molecule has 1 heterocycles. The zero-order chi connectivity index (χ0) is 13.3. The highest BCUT2D eigenvalue weighted by molar-refractivity contribution is 5.95. The largest absolute Gasteiger partial charge is 0.419 e. The second-order valence-corrected chi connectivity index (χ2v) is 3.98. The molecule has 1 aromatic carbocycles. The molecular weight excluding hydrogens is 252 g/mol. The molecule has 1 fully saturated rings. The summed E-state index contributed by atoms with van der Waals surface area (Å²) in [4.78, 5) is 11.5. The zero-order valence-electron chi connectivity index (χ0n) is 9.14. The SMILES string of the molecule is O=C(Nc1ccc(F)c(C(F)(F)F)c1)[C@@H]1CCN1. The van der Waals surface area contributed by atoms with E-state index in [0.29, 0.717) is 25.1 Å². The van der Waals surface area contributed by atoms with E-state index in [1.807, 2.05) is 0 Å². The fourth-order valence-electron chi connectivity index (χ4n) is 1.56. The van der Waals surface area contributed by atoms with E-state index in [1.165, 1.54) is 0 Å². The van der Waals surface area contributed by atoms with Crippen LogP contribution in [0.2, 0.25) is 0 Å². The van der Waals surface area contributed by atoms with E-state index in [9.17, 15) is 22.4 Å². The van der Waals surface area contributed by atoms with Crippen LogP contribution in [0.1, 0.15) is 12.0 Å². The van der Waals surface area contributed by atoms with Gasteiger partial charge >= 0.3 is 6.18 Å². The van der Waals surface area contributed by atoms with E-state index in [-0.39, 0.29) is 11.7 Å². The van der Waals surface area contributed by atoms with Crippen LogP contribution in [-0.4, -0.2) is 18.5 Å². The van der Waals surface area contributed by atoms with Crippen molar-refractivity contribution in [2.24, 2.45) is 0 Å². The molecule has 1 aliphatic heterocycles. The minimum Gasteiger partial charge on any atom is -0.325 e. The third-order valence-corrected chi connectivity index (χ3v) is 2.68. The number of nitrogens with one attached hydrogen (secondary N) is 2. The number of alkyl halides is 3. The Kier molecular flexibility index (Phi) is 3.25. The number of hydrogen-bond donors (Lipinski definition) is 2. The average Bonchev–Trinajstić information content (AvgIpc) is 2.16. The van der Waals surface area contributed by atoms with Gasteiger partial charge in [-0.15, -0.1) is 0 Å². The van der Waals surface area contributed by atoms with Crippen molar-refractivity contribution in [3.63, 3.8) is 0 Å². The van der Waals surface area contributed by atoms with Gasteiger partial charge in [0.1, 0.15) is 5.82 Å². The third-order valence-electron chi connectivity index (χ3n) is 2.68. The molecule has 98 valence electrons. The number of halogens is 4. The summed E-state index contributed by atoms with van der Waals surface area (Å²) in [5.74, 6) is -1.77. The maximum atomic E-state index is 13.0. The van der Waals surface area contributed by atoms with Crippen LogP contribution in [0.5, 0.6) is 0 Å². The average molecular weight is 262 g/mol. The van der Waals surface area contributed by atoms with Crippen LogP contribution in [0, 0.1) is 5.82 Å². The summed E-state index contributed by atoms with van der Waals surface area (Å²) in [6.07, 6.45) is -4.14. The molecule has 0 radical (unpaired) electrons. The Bertz CT molecular complexity index is 469. The van der Waals surface area contributed by atoms with Crippen LogP contribution in [0.25, 0.3) is 0 Å². The Balaban J connectivity index is 2.16. The molecule has 0 unspecified atom stereocenters. The zero-order valence-corrected chi connectivity index (χ0v) is 9.14. The van der Waals surface area contributed by atoms with E-state index in [0.717, 1.165) is 6.07 Å². The molecule has 0 spiro atoms. The van der Waals surface area contributed by atoms with Crippen molar-refractivity contribution in [1.82, 2.24) is 5.32 Å². The second-order valence-electron chi connectivity index (χ2n) is 3.98. The number of carbonyl (C=O) groups is 1. The summed E-state index contributed by atoms with van der Waals surface area (Å²) in [5.41, 5.74) is -1.45. The van der Waals surface area contributed by atoms with Gasteiger partial charge in [-0.1, -0.05) is 0 Å². The van der Waals surface area contributed by atoms with Crippen molar-refractivity contribution in [2.75, 3.05) is 11.9 Å². The van der Waals surface area contributed by atoms with Gasteiger partial charge in [0, 0.05) is 5.69 Å². The van der Waals surface area contributed by atoms with Gasteiger partial charge in [-0.25, -0.2) is 4.39 Å². The first kappa shape index (κ1) is 12.8. The van der Waals surface area contributed by atoms with Crippen molar-refractivity contribution >= 4 is 11.6 Å². The van der Waals surface area contributed by atoms with Gasteiger partial charge in [-0.3, -0.25) is 4.79 Å². The number of rotatable bonds is 2. The molecule has 18 heavy (non-hydrogen) atoms. The van der Waals surface area contributed by atoms with Crippen LogP contribution >= 0.6 is 0 Å². The predicted molar refractivity (Wildman–Crippen MR) is 56.4 cm³/mol. The maximum Gasteiger partial charge on any atom is 0.419 e. The van der Waals surface area contributed by atoms with Gasteiger partial charge in [-0.2, -0.15) is 13.2 Å². The number of benzene rings is 1. The quantitative estimate of drug-likeness (QED) is 0.802. The molecule has 3 nitrogen and oxygen atoms in total. The van der Waals surface area contributed by atoms with Crippen molar-refractivity contribution in [3.8, 4) is 0 Å². The summed E-state index contributed by atoms with van der Waals surface area (Å²) in [7, 11) is 0. The first-order chi connectivity index (χ1) is 8.38. The highest BCUT2D eigenvalue weighted by Crippen LogP contribution is 2.33. The molecule has 1 atom stereocenters. The Morgan fingerprint density at radius 3 is 2.56 bits per heavy atom. The molecule has 1 amide bonds. The lowest BCUT2D eigenvalue weighted by Crippen LogP contribution is -2.50. The summed E-state index contributed by atoms with van der Waals surface area (Å²) < 4.78 is 50.3. The molecule has 0 bridgehead atoms. The van der Waals surface area contributed by atoms with E-state index >= 15 is 0 Å². The van der Waals surface area contributed by atoms with Crippen molar-refractivity contribution < 1.29 is 22.4 Å². The fraction of sp³-hybridized carbons (Fsp3) is 0.364. The van der Waals surface area contributed by atoms with E-state index in [4.69, 9.17) is 0 Å². The van der Waals surface area contributed by atoms with Crippen molar-refractivity contribution in [3.05, 3.63) is 29.6 Å². The Morgan fingerprint density at radius 1 is 1.39 bits per heavy atom. The molecule has 0 aliphatic carbocycles. The molecule has 1 aliphatic rings. The van der Waals surface area contributed by atoms with E-state index in [2.05, 4.69) is 10.6 Å². The van der Waals surface area contributed by atoms with Gasteiger partial charge in [0.15, 0.2) is 0 Å². The molecular formula is C11H10F4N2O. The lowest BCUT2D eigenvalue weighted by molar-refractivity contribution is -0.140. The number of amides is 1. The second kappa shape index (κ2) is 4.56. The lowest BCUT2D eigenvalue weighted by atomic mass is 10.1. The number of hydrogen-bond acceptors (Lipinski definition) is 2. The van der Waals surface area contributed by atoms with E-state index in [1.54, 1.807) is 0 Å². The van der Waals surface area contributed by atoms with Crippen LogP contribution in [0.15, 0.2) is 18.2 Å². The minimum absolute atomic E-state index is 0.0672. The van der Waals surface area contributed by atoms with Gasteiger partial charge in [0.05, 0.1) is 11.6 Å². The van der Waals surface area contributed by atoms with Crippen molar-refractivity contribution in [2.45, 2.75) is 18.6 Å². The molecule has 2 N–H and O–H groups in total. The Morgan fingerprint density at radius 2 is 2.06 bits per heavy atom. The highest BCUT2D eigenvalue weighted by Gasteiger charge is 2.34. The number of carbonyl (C=O) groups excluding carboxylic acids is 1. The van der Waals surface area contributed by atoms with Gasteiger partial charge in [0.2, 0.25) is 5.91 Å². The summed E-state index contributed by atoms with van der Waals surface area (Å²) in [5, 5.41) is 5.13. The third kappa shape index (κ3) is 2.61. The lowest BCUT2D eigenvalue weighted by Gasteiger charge is -2.26. The van der Waals surface area contributed by atoms with Gasteiger partial charge < -0.3 is 10.6 Å². The normalized spacial score (nSPS) is 19.2. The summed E-state index contributed by atoms with van der Waals surface area (Å²) in [6, 6.07) is 1.99. The standard InChI is InChI=1S/C11H10F4N2O/c12-8-2-1-6(5-7(8)11(13,14)15)17-10(18)9-3-4-16-9/h1-2,5,9,16H,3-4H2,(H,17,18)/t9-/m0/s1. The maximum absolute atomic E-state index is 13.0. The highest BCUT2D eigenvalue weighted by atomic mass is 19.4. The molecule has 1 saturated heterocycles.